The Hall–Kier alpha value is -2.19. The van der Waals surface area contributed by atoms with Crippen LogP contribution in [0.4, 0.5) is 14.9 Å². The van der Waals surface area contributed by atoms with Crippen LogP contribution in [0.15, 0.2) is 23.6 Å². The first-order valence-electron chi connectivity index (χ1n) is 9.03. The highest BCUT2D eigenvalue weighted by atomic mass is 35.5. The van der Waals surface area contributed by atoms with Crippen molar-refractivity contribution in [2.24, 2.45) is 0 Å². The first-order chi connectivity index (χ1) is 13.5. The fourth-order valence-corrected chi connectivity index (χ4v) is 4.20. The summed E-state index contributed by atoms with van der Waals surface area (Å²) in [5.41, 5.74) is 0.656. The number of aromatic nitrogens is 1. The van der Waals surface area contributed by atoms with Crippen LogP contribution in [0.3, 0.4) is 0 Å². The Labute approximate surface area is 171 Å². The molecule has 2 aromatic rings. The van der Waals surface area contributed by atoms with Gasteiger partial charge in [0.05, 0.1) is 18.7 Å². The fourth-order valence-electron chi connectivity index (χ4n) is 3.26. The highest BCUT2D eigenvalue weighted by Gasteiger charge is 2.27. The molecule has 1 heterocycles. The molecule has 1 N–H and O–H groups in total. The minimum absolute atomic E-state index is 0.0512. The average Bonchev–Trinajstić information content (AvgIpc) is 3.17. The van der Waals surface area contributed by atoms with Crippen LogP contribution in [0, 0.1) is 5.82 Å². The first kappa shape index (κ1) is 20.5. The van der Waals surface area contributed by atoms with E-state index in [1.165, 1.54) is 36.6 Å². The van der Waals surface area contributed by atoms with Gasteiger partial charge in [0, 0.05) is 17.1 Å². The monoisotopic (exact) mass is 425 g/mol. The van der Waals surface area contributed by atoms with Crippen molar-refractivity contribution in [2.75, 3.05) is 12.4 Å². The predicted molar refractivity (Wildman–Crippen MR) is 106 cm³/mol. The normalized spacial score (nSPS) is 14.5. The third-order valence-electron chi connectivity index (χ3n) is 4.70. The number of hydrogen-bond donors (Lipinski definition) is 1. The van der Waals surface area contributed by atoms with Gasteiger partial charge >= 0.3 is 12.0 Å². The third kappa shape index (κ3) is 4.99. The van der Waals surface area contributed by atoms with Crippen LogP contribution in [-0.2, 0) is 11.3 Å². The summed E-state index contributed by atoms with van der Waals surface area (Å²) in [5, 5.41) is 5.01. The van der Waals surface area contributed by atoms with E-state index in [2.05, 4.69) is 15.0 Å². The number of carbonyl (C=O) groups excluding carboxylic acids is 2. The standard InChI is InChI=1S/C19H21ClFN3O3S/c1-27-18(25)16-11-28-17(23-16)10-24(13-5-3-2-4-6-13)19(26)22-12-7-8-15(21)14(20)9-12/h7-9,11,13H,2-6,10H2,1H3,(H,22,26). The Morgan fingerprint density at radius 2 is 2.11 bits per heavy atom. The second-order valence-corrected chi connectivity index (χ2v) is 7.95. The summed E-state index contributed by atoms with van der Waals surface area (Å²) in [4.78, 5) is 30.6. The molecule has 1 aromatic heterocycles. The molecule has 3 rings (SSSR count). The maximum atomic E-state index is 13.4. The SMILES string of the molecule is COC(=O)c1csc(CN(C(=O)Nc2ccc(F)c(Cl)c2)C2CCCCC2)n1. The van der Waals surface area contributed by atoms with Crippen molar-refractivity contribution in [3.8, 4) is 0 Å². The van der Waals surface area contributed by atoms with E-state index in [9.17, 15) is 14.0 Å². The highest BCUT2D eigenvalue weighted by Crippen LogP contribution is 2.26. The van der Waals surface area contributed by atoms with E-state index in [1.807, 2.05) is 0 Å². The van der Waals surface area contributed by atoms with Crippen molar-refractivity contribution in [1.29, 1.82) is 0 Å². The summed E-state index contributed by atoms with van der Waals surface area (Å²) in [5.74, 6) is -1.04. The lowest BCUT2D eigenvalue weighted by atomic mass is 9.94. The van der Waals surface area contributed by atoms with Crippen molar-refractivity contribution in [3.63, 3.8) is 0 Å². The molecule has 0 spiro atoms. The largest absolute Gasteiger partial charge is 0.464 e. The zero-order valence-corrected chi connectivity index (χ0v) is 17.0. The summed E-state index contributed by atoms with van der Waals surface area (Å²) >= 11 is 7.12. The molecule has 1 aromatic carbocycles. The molecular weight excluding hydrogens is 405 g/mol. The van der Waals surface area contributed by atoms with Crippen LogP contribution in [0.5, 0.6) is 0 Å². The van der Waals surface area contributed by atoms with Crippen molar-refractivity contribution < 1.29 is 18.7 Å². The lowest BCUT2D eigenvalue weighted by molar-refractivity contribution is 0.0594. The van der Waals surface area contributed by atoms with Crippen molar-refractivity contribution >= 4 is 40.6 Å². The zero-order valence-electron chi connectivity index (χ0n) is 15.4. The maximum Gasteiger partial charge on any atom is 0.357 e. The number of amides is 2. The number of urea groups is 1. The Morgan fingerprint density at radius 1 is 1.36 bits per heavy atom. The number of halogens is 2. The summed E-state index contributed by atoms with van der Waals surface area (Å²) < 4.78 is 18.1. The van der Waals surface area contributed by atoms with Crippen LogP contribution in [0.2, 0.25) is 5.02 Å². The topological polar surface area (TPSA) is 71.5 Å². The van der Waals surface area contributed by atoms with Gasteiger partial charge in [-0.05, 0) is 31.0 Å². The predicted octanol–water partition coefficient (Wildman–Crippen LogP) is 5.09. The maximum absolute atomic E-state index is 13.4. The number of rotatable bonds is 5. The molecule has 1 fully saturated rings. The van der Waals surface area contributed by atoms with Crippen molar-refractivity contribution in [2.45, 2.75) is 44.7 Å². The zero-order chi connectivity index (χ0) is 20.1. The molecule has 0 radical (unpaired) electrons. The van der Waals surface area contributed by atoms with E-state index in [-0.39, 0.29) is 29.3 Å². The van der Waals surface area contributed by atoms with Gasteiger partial charge < -0.3 is 15.0 Å². The molecule has 2 amide bonds. The van der Waals surface area contributed by atoms with Gasteiger partial charge in [-0.3, -0.25) is 0 Å². The van der Waals surface area contributed by atoms with E-state index >= 15 is 0 Å². The molecule has 1 aliphatic carbocycles. The van der Waals surface area contributed by atoms with E-state index in [4.69, 9.17) is 11.6 Å². The average molecular weight is 426 g/mol. The van der Waals surface area contributed by atoms with Crippen LogP contribution < -0.4 is 5.32 Å². The Morgan fingerprint density at radius 3 is 2.79 bits per heavy atom. The molecule has 0 bridgehead atoms. The van der Waals surface area contributed by atoms with Crippen LogP contribution in [-0.4, -0.2) is 35.0 Å². The quantitative estimate of drug-likeness (QED) is 0.677. The summed E-state index contributed by atoms with van der Waals surface area (Å²) in [6.45, 7) is 0.285. The minimum Gasteiger partial charge on any atom is -0.464 e. The van der Waals surface area contributed by atoms with E-state index < -0.39 is 11.8 Å². The molecule has 28 heavy (non-hydrogen) atoms. The number of thiazole rings is 1. The number of ether oxygens (including phenoxy) is 1. The number of methoxy groups -OCH3 is 1. The van der Waals surface area contributed by atoms with Crippen LogP contribution in [0.25, 0.3) is 0 Å². The molecule has 0 unspecified atom stereocenters. The number of nitrogens with zero attached hydrogens (tertiary/aromatic N) is 2. The Balaban J connectivity index is 1.77. The number of carbonyl (C=O) groups is 2. The van der Waals surface area contributed by atoms with Gasteiger partial charge in [0.15, 0.2) is 5.69 Å². The van der Waals surface area contributed by atoms with Gasteiger partial charge in [-0.15, -0.1) is 11.3 Å². The summed E-state index contributed by atoms with van der Waals surface area (Å²) in [6, 6.07) is 3.84. The molecular formula is C19H21ClFN3O3S. The van der Waals surface area contributed by atoms with Crippen molar-refractivity contribution in [1.82, 2.24) is 9.88 Å². The number of hydrogen-bond acceptors (Lipinski definition) is 5. The number of esters is 1. The molecule has 1 aliphatic rings. The van der Waals surface area contributed by atoms with Gasteiger partial charge in [-0.25, -0.2) is 19.0 Å². The lowest BCUT2D eigenvalue weighted by Crippen LogP contribution is -2.43. The summed E-state index contributed by atoms with van der Waals surface area (Å²) in [7, 11) is 1.30. The molecule has 9 heteroatoms. The Kier molecular flexibility index (Phi) is 6.85. The molecule has 0 saturated heterocycles. The van der Waals surface area contributed by atoms with Crippen molar-refractivity contribution in [3.05, 3.63) is 45.1 Å². The number of nitrogens with one attached hydrogen (secondary N) is 1. The molecule has 1 saturated carbocycles. The van der Waals surface area contributed by atoms with Gasteiger partial charge in [0.25, 0.3) is 0 Å². The number of anilines is 1. The third-order valence-corrected chi connectivity index (χ3v) is 5.82. The van der Waals surface area contributed by atoms with E-state index in [0.717, 1.165) is 32.1 Å². The second kappa shape index (κ2) is 9.34. The first-order valence-corrected chi connectivity index (χ1v) is 10.3. The van der Waals surface area contributed by atoms with E-state index in [1.54, 1.807) is 10.3 Å². The second-order valence-electron chi connectivity index (χ2n) is 6.60. The van der Waals surface area contributed by atoms with Gasteiger partial charge in [-0.2, -0.15) is 0 Å². The van der Waals surface area contributed by atoms with E-state index in [0.29, 0.717) is 10.7 Å². The fraction of sp³-hybridized carbons (Fsp3) is 0.421. The Bertz CT molecular complexity index is 855. The molecule has 0 aliphatic heterocycles. The van der Waals surface area contributed by atoms with Gasteiger partial charge in [-0.1, -0.05) is 30.9 Å². The molecule has 6 nitrogen and oxygen atoms in total. The van der Waals surface area contributed by atoms with Gasteiger partial charge in [0.1, 0.15) is 10.8 Å². The lowest BCUT2D eigenvalue weighted by Gasteiger charge is -2.33. The van der Waals surface area contributed by atoms with Crippen LogP contribution >= 0.6 is 22.9 Å². The molecule has 0 atom stereocenters. The smallest absolute Gasteiger partial charge is 0.357 e. The number of benzene rings is 1. The highest BCUT2D eigenvalue weighted by molar-refractivity contribution is 7.09. The minimum atomic E-state index is -0.540. The molecule has 150 valence electrons. The van der Waals surface area contributed by atoms with Gasteiger partial charge in [0.2, 0.25) is 0 Å². The summed E-state index contributed by atoms with van der Waals surface area (Å²) in [6.07, 6.45) is 5.09. The van der Waals surface area contributed by atoms with Crippen LogP contribution in [0.1, 0.15) is 47.6 Å².